The third kappa shape index (κ3) is 10.9. The van der Waals surface area contributed by atoms with E-state index in [0.29, 0.717) is 0 Å². The average molecular weight is 1030 g/mol. The molecule has 384 valence electrons. The van der Waals surface area contributed by atoms with E-state index < -0.39 is 0 Å². The van der Waals surface area contributed by atoms with Gasteiger partial charge in [0, 0.05) is 34.1 Å². The van der Waals surface area contributed by atoms with Gasteiger partial charge in [0.25, 0.3) is 0 Å². The van der Waals surface area contributed by atoms with E-state index in [1.165, 1.54) is 99.2 Å². The van der Waals surface area contributed by atoms with E-state index in [-0.39, 0.29) is 0 Å². The second-order valence-electron chi connectivity index (χ2n) is 20.6. The highest BCUT2D eigenvalue weighted by molar-refractivity contribution is 5.98. The number of aryl methyl sites for hydroxylation is 1. The van der Waals surface area contributed by atoms with Crippen molar-refractivity contribution < 1.29 is 0 Å². The first-order chi connectivity index (χ1) is 39.5. The normalized spacial score (nSPS) is 11.0. The molecule has 0 N–H and O–H groups in total. The molecule has 0 heterocycles. The SMILES string of the molecule is CCC.Cc1cccc2ccccc12.c1ccc(N(c2ccccc2)c2ccc3cc(-c4ccc5cc(-c6ccc7cc(-c8ccc9cc(N(c%10ccccc%10)c%10ccccc%10)ccc9c8)ccc7c6)ccc5c4)ccc3c2)cc1. The van der Waals surface area contributed by atoms with Gasteiger partial charge in [-0.05, 0) is 209 Å². The Hall–Kier alpha value is -10.0. The van der Waals surface area contributed by atoms with Gasteiger partial charge in [0.15, 0.2) is 0 Å². The van der Waals surface area contributed by atoms with Crippen LogP contribution in [0.4, 0.5) is 34.1 Å². The maximum Gasteiger partial charge on any atom is 0.0468 e. The molecule has 0 amide bonds. The number of rotatable bonds is 9. The Kier molecular flexibility index (Phi) is 14.8. The lowest BCUT2D eigenvalue weighted by Gasteiger charge is -2.25. The van der Waals surface area contributed by atoms with Gasteiger partial charge < -0.3 is 9.80 Å². The molecule has 0 aromatic heterocycles. The molecule has 0 aliphatic carbocycles. The molecule has 0 unspecified atom stereocenters. The lowest BCUT2D eigenvalue weighted by atomic mass is 9.94. The van der Waals surface area contributed by atoms with Crippen LogP contribution in [0.3, 0.4) is 0 Å². The van der Waals surface area contributed by atoms with Crippen molar-refractivity contribution >= 4 is 88.0 Å². The fourth-order valence-electron chi connectivity index (χ4n) is 10.9. The second kappa shape index (κ2) is 23.3. The fraction of sp³-hybridized carbons (Fsp3) is 0.0513. The Morgan fingerprint density at radius 3 is 0.762 bits per heavy atom. The molecule has 14 aromatic rings. The summed E-state index contributed by atoms with van der Waals surface area (Å²) in [5, 5.41) is 12.5. The Bertz CT molecular complexity index is 4090. The second-order valence-corrected chi connectivity index (χ2v) is 20.6. The molecule has 0 saturated heterocycles. The van der Waals surface area contributed by atoms with Gasteiger partial charge in [-0.1, -0.05) is 220 Å². The lowest BCUT2D eigenvalue weighted by molar-refractivity contribution is 1.09. The van der Waals surface area contributed by atoms with Crippen molar-refractivity contribution in [2.24, 2.45) is 0 Å². The molecule has 2 heteroatoms. The van der Waals surface area contributed by atoms with Crippen molar-refractivity contribution in [2.75, 3.05) is 9.80 Å². The van der Waals surface area contributed by atoms with Gasteiger partial charge in [0.1, 0.15) is 0 Å². The summed E-state index contributed by atoms with van der Waals surface area (Å²) >= 11 is 0. The molecule has 0 spiro atoms. The molecule has 14 rings (SSSR count). The average Bonchev–Trinajstić information content (AvgIpc) is 3.66. The topological polar surface area (TPSA) is 6.48 Å². The van der Waals surface area contributed by atoms with Crippen molar-refractivity contribution in [1.29, 1.82) is 0 Å². The summed E-state index contributed by atoms with van der Waals surface area (Å²) in [5.41, 5.74) is 15.5. The van der Waals surface area contributed by atoms with E-state index in [1.807, 2.05) is 0 Å². The first-order valence-corrected chi connectivity index (χ1v) is 27.9. The first kappa shape index (κ1) is 50.8. The molecular formula is C78H62N2. The van der Waals surface area contributed by atoms with Crippen LogP contribution in [0.1, 0.15) is 25.8 Å². The van der Waals surface area contributed by atoms with Crippen molar-refractivity contribution in [2.45, 2.75) is 27.2 Å². The van der Waals surface area contributed by atoms with Crippen LogP contribution in [0.25, 0.3) is 87.2 Å². The minimum absolute atomic E-state index is 1.14. The smallest absolute Gasteiger partial charge is 0.0468 e. The predicted octanol–water partition coefficient (Wildman–Crippen LogP) is 22.8. The van der Waals surface area contributed by atoms with Crippen LogP contribution in [0.5, 0.6) is 0 Å². The summed E-state index contributed by atoms with van der Waals surface area (Å²) in [5.74, 6) is 0. The van der Waals surface area contributed by atoms with Gasteiger partial charge in [-0.25, -0.2) is 0 Å². The highest BCUT2D eigenvalue weighted by atomic mass is 15.1. The van der Waals surface area contributed by atoms with E-state index in [4.69, 9.17) is 0 Å². The van der Waals surface area contributed by atoms with Crippen LogP contribution in [0.15, 0.2) is 309 Å². The van der Waals surface area contributed by atoms with Crippen LogP contribution in [0, 0.1) is 6.92 Å². The summed E-state index contributed by atoms with van der Waals surface area (Å²) < 4.78 is 0. The molecule has 80 heavy (non-hydrogen) atoms. The van der Waals surface area contributed by atoms with Crippen LogP contribution in [-0.2, 0) is 0 Å². The zero-order valence-electron chi connectivity index (χ0n) is 45.5. The summed E-state index contributed by atoms with van der Waals surface area (Å²) in [4.78, 5) is 4.63. The minimum atomic E-state index is 1.14. The lowest BCUT2D eigenvalue weighted by Crippen LogP contribution is -2.09. The highest BCUT2D eigenvalue weighted by Gasteiger charge is 2.15. The Morgan fingerprint density at radius 2 is 0.463 bits per heavy atom. The van der Waals surface area contributed by atoms with Crippen LogP contribution in [-0.4, -0.2) is 0 Å². The zero-order chi connectivity index (χ0) is 54.2. The molecule has 14 aromatic carbocycles. The van der Waals surface area contributed by atoms with E-state index >= 15 is 0 Å². The number of para-hydroxylation sites is 4. The molecule has 0 bridgehead atoms. The van der Waals surface area contributed by atoms with E-state index in [1.54, 1.807) is 0 Å². The van der Waals surface area contributed by atoms with Gasteiger partial charge in [-0.2, -0.15) is 0 Å². The monoisotopic (exact) mass is 1030 g/mol. The fourth-order valence-corrected chi connectivity index (χ4v) is 10.9. The third-order valence-electron chi connectivity index (χ3n) is 14.9. The summed E-state index contributed by atoms with van der Waals surface area (Å²) in [7, 11) is 0. The molecule has 2 nitrogen and oxygen atoms in total. The molecule has 0 fully saturated rings. The van der Waals surface area contributed by atoms with E-state index in [9.17, 15) is 0 Å². The number of fused-ring (bicyclic) bond motifs is 5. The van der Waals surface area contributed by atoms with Crippen molar-refractivity contribution in [1.82, 2.24) is 0 Å². The number of hydrogen-bond donors (Lipinski definition) is 0. The van der Waals surface area contributed by atoms with Crippen LogP contribution in [0.2, 0.25) is 0 Å². The molecule has 0 aliphatic rings. The Morgan fingerprint density at radius 1 is 0.212 bits per heavy atom. The van der Waals surface area contributed by atoms with Gasteiger partial charge in [-0.15, -0.1) is 0 Å². The van der Waals surface area contributed by atoms with Crippen LogP contribution >= 0.6 is 0 Å². The summed E-state index contributed by atoms with van der Waals surface area (Å²) in [6.07, 6.45) is 1.25. The van der Waals surface area contributed by atoms with Gasteiger partial charge >= 0.3 is 0 Å². The Balaban J connectivity index is 0.000000399. The Labute approximate surface area is 470 Å². The molecular weight excluding hydrogens is 965 g/mol. The predicted molar refractivity (Wildman–Crippen MR) is 347 cm³/mol. The standard InChI is InChI=1S/C64H44N2.C11H10.C3H8/c1-5-13-59(14-6-1)65(60-15-7-2-8-16-60)63-35-33-55-41-53(29-31-57(55)43-63)51-27-25-47-37-45(21-23-49(47)39-51)46-22-24-50-40-52(28-26-48(50)38-46)54-30-32-58-44-64(36-34-56(58)42-54)66(61-17-9-3-10-18-61)62-19-11-4-12-20-62;1-9-5-4-7-10-6-2-3-8-11(9)10;1-3-2/h1-44H;2-8H,1H3;3H2,1-2H3. The quantitative estimate of drug-likeness (QED) is 0.142. The molecule has 0 saturated carbocycles. The van der Waals surface area contributed by atoms with Gasteiger partial charge in [0.05, 0.1) is 0 Å². The molecule has 0 aliphatic heterocycles. The zero-order valence-corrected chi connectivity index (χ0v) is 45.5. The van der Waals surface area contributed by atoms with Crippen LogP contribution < -0.4 is 9.80 Å². The van der Waals surface area contributed by atoms with Gasteiger partial charge in [0.2, 0.25) is 0 Å². The van der Waals surface area contributed by atoms with Crippen molar-refractivity contribution in [3.8, 4) is 33.4 Å². The molecule has 0 radical (unpaired) electrons. The summed E-state index contributed by atoms with van der Waals surface area (Å²) in [6.45, 7) is 6.39. The molecule has 0 atom stereocenters. The van der Waals surface area contributed by atoms with Gasteiger partial charge in [-0.3, -0.25) is 0 Å². The largest absolute Gasteiger partial charge is 0.310 e. The summed E-state index contributed by atoms with van der Waals surface area (Å²) in [6, 6.07) is 112. The van der Waals surface area contributed by atoms with Crippen molar-refractivity contribution in [3.63, 3.8) is 0 Å². The van der Waals surface area contributed by atoms with Crippen molar-refractivity contribution in [3.05, 3.63) is 315 Å². The third-order valence-corrected chi connectivity index (χ3v) is 14.9. The minimum Gasteiger partial charge on any atom is -0.310 e. The maximum atomic E-state index is 2.32. The number of anilines is 6. The number of nitrogens with zero attached hydrogens (tertiary/aromatic N) is 2. The maximum absolute atomic E-state index is 2.32. The number of benzene rings is 14. The number of hydrogen-bond acceptors (Lipinski definition) is 2. The highest BCUT2D eigenvalue weighted by Crippen LogP contribution is 2.40. The van der Waals surface area contributed by atoms with E-state index in [2.05, 4.69) is 340 Å². The van der Waals surface area contributed by atoms with E-state index in [0.717, 1.165) is 34.1 Å². The first-order valence-electron chi connectivity index (χ1n) is 27.9.